The van der Waals surface area contributed by atoms with Crippen LogP contribution in [0.1, 0.15) is 87.5 Å². The third-order valence-electron chi connectivity index (χ3n) is 4.36. The van der Waals surface area contributed by atoms with E-state index in [2.05, 4.69) is 65.8 Å². The van der Waals surface area contributed by atoms with E-state index in [1.807, 2.05) is 6.92 Å². The lowest BCUT2D eigenvalue weighted by atomic mass is 10.0. The molecule has 1 atom stereocenters. The van der Waals surface area contributed by atoms with Gasteiger partial charge in [-0.05, 0) is 87.1 Å². The van der Waals surface area contributed by atoms with E-state index in [0.29, 0.717) is 5.57 Å². The summed E-state index contributed by atoms with van der Waals surface area (Å²) in [6, 6.07) is 0. The molecular weight excluding hydrogens is 332 g/mol. The molecule has 0 aliphatic carbocycles. The molecular formula is C25H40O2. The van der Waals surface area contributed by atoms with Crippen LogP contribution in [0.5, 0.6) is 0 Å². The van der Waals surface area contributed by atoms with Gasteiger partial charge in [-0.1, -0.05) is 46.6 Å². The molecule has 2 heteroatoms. The molecule has 2 nitrogen and oxygen atoms in total. The molecule has 0 saturated heterocycles. The summed E-state index contributed by atoms with van der Waals surface area (Å²) in [5.74, 6) is -0.230. The van der Waals surface area contributed by atoms with Crippen LogP contribution in [0, 0.1) is 0 Å². The van der Waals surface area contributed by atoms with Crippen LogP contribution in [-0.2, 0) is 9.53 Å². The standard InChI is InChI=1S/C25H40O2/c1-9-23(8)25(26)27-24(18-22(7)15-11-13-20(4)5)17-16-21(6)14-10-12-19(2)3/h9,12-13,16,18,24H,10-11,14-15,17H2,1-8H3/b21-16+,22-18+,23-9+. The van der Waals surface area contributed by atoms with Gasteiger partial charge < -0.3 is 4.74 Å². The van der Waals surface area contributed by atoms with Gasteiger partial charge >= 0.3 is 5.97 Å². The lowest BCUT2D eigenvalue weighted by Gasteiger charge is -2.15. The Morgan fingerprint density at radius 2 is 1.33 bits per heavy atom. The Morgan fingerprint density at radius 1 is 0.815 bits per heavy atom. The zero-order chi connectivity index (χ0) is 20.8. The average molecular weight is 373 g/mol. The third kappa shape index (κ3) is 14.0. The number of rotatable bonds is 11. The maximum atomic E-state index is 12.2. The molecule has 0 aliphatic rings. The van der Waals surface area contributed by atoms with Gasteiger partial charge in [0.1, 0.15) is 6.10 Å². The fraction of sp³-hybridized carbons (Fsp3) is 0.560. The van der Waals surface area contributed by atoms with Crippen LogP contribution in [0.15, 0.2) is 58.2 Å². The summed E-state index contributed by atoms with van der Waals surface area (Å²) in [5, 5.41) is 0. The Morgan fingerprint density at radius 3 is 1.81 bits per heavy atom. The van der Waals surface area contributed by atoms with Crippen molar-refractivity contribution >= 4 is 5.97 Å². The second-order valence-electron chi connectivity index (χ2n) is 7.85. The fourth-order valence-electron chi connectivity index (χ4n) is 2.50. The first-order chi connectivity index (χ1) is 12.6. The Labute approximate surface area is 167 Å². The molecule has 0 rings (SSSR count). The predicted octanol–water partition coefficient (Wildman–Crippen LogP) is 7.64. The molecule has 0 fully saturated rings. The van der Waals surface area contributed by atoms with E-state index in [1.54, 1.807) is 13.0 Å². The lowest BCUT2D eigenvalue weighted by Crippen LogP contribution is -2.17. The van der Waals surface area contributed by atoms with Crippen molar-refractivity contribution in [2.24, 2.45) is 0 Å². The highest BCUT2D eigenvalue weighted by molar-refractivity contribution is 5.87. The van der Waals surface area contributed by atoms with Gasteiger partial charge in [-0.3, -0.25) is 0 Å². The van der Waals surface area contributed by atoms with Crippen LogP contribution in [0.2, 0.25) is 0 Å². The van der Waals surface area contributed by atoms with Gasteiger partial charge in [-0.25, -0.2) is 4.79 Å². The van der Waals surface area contributed by atoms with E-state index in [1.165, 1.54) is 22.3 Å². The monoisotopic (exact) mass is 372 g/mol. The van der Waals surface area contributed by atoms with Gasteiger partial charge in [0.15, 0.2) is 0 Å². The highest BCUT2D eigenvalue weighted by Gasteiger charge is 2.13. The summed E-state index contributed by atoms with van der Waals surface area (Å²) in [7, 11) is 0. The molecule has 0 saturated carbocycles. The number of carbonyl (C=O) groups is 1. The highest BCUT2D eigenvalue weighted by Crippen LogP contribution is 2.15. The number of esters is 1. The third-order valence-corrected chi connectivity index (χ3v) is 4.36. The molecule has 0 aromatic rings. The first-order valence-corrected chi connectivity index (χ1v) is 10.1. The molecule has 0 spiro atoms. The summed E-state index contributed by atoms with van der Waals surface area (Å²) in [4.78, 5) is 12.2. The second-order valence-corrected chi connectivity index (χ2v) is 7.85. The highest BCUT2D eigenvalue weighted by atomic mass is 16.5. The van der Waals surface area contributed by atoms with Gasteiger partial charge in [0.05, 0.1) is 0 Å². The van der Waals surface area contributed by atoms with E-state index in [4.69, 9.17) is 4.74 Å². The van der Waals surface area contributed by atoms with Gasteiger partial charge in [-0.2, -0.15) is 0 Å². The maximum Gasteiger partial charge on any atom is 0.333 e. The van der Waals surface area contributed by atoms with Gasteiger partial charge in [0, 0.05) is 12.0 Å². The summed E-state index contributed by atoms with van der Waals surface area (Å²) in [6.07, 6.45) is 15.3. The number of carbonyl (C=O) groups excluding carboxylic acids is 1. The van der Waals surface area contributed by atoms with Crippen LogP contribution in [0.4, 0.5) is 0 Å². The minimum atomic E-state index is -0.230. The summed E-state index contributed by atoms with van der Waals surface area (Å²) < 4.78 is 5.74. The van der Waals surface area contributed by atoms with Gasteiger partial charge in [0.2, 0.25) is 0 Å². The van der Waals surface area contributed by atoms with Crippen molar-refractivity contribution in [1.82, 2.24) is 0 Å². The average Bonchev–Trinajstić information content (AvgIpc) is 2.58. The molecule has 152 valence electrons. The number of hydrogen-bond acceptors (Lipinski definition) is 2. The smallest absolute Gasteiger partial charge is 0.333 e. The van der Waals surface area contributed by atoms with Gasteiger partial charge in [-0.15, -0.1) is 0 Å². The molecule has 0 aliphatic heterocycles. The lowest BCUT2D eigenvalue weighted by molar-refractivity contribution is -0.142. The van der Waals surface area contributed by atoms with Crippen LogP contribution in [-0.4, -0.2) is 12.1 Å². The summed E-state index contributed by atoms with van der Waals surface area (Å²) in [5.41, 5.74) is 5.95. The summed E-state index contributed by atoms with van der Waals surface area (Å²) in [6.45, 7) is 16.4. The molecule has 0 aromatic carbocycles. The van der Waals surface area contributed by atoms with Crippen molar-refractivity contribution < 1.29 is 9.53 Å². The molecule has 0 aromatic heterocycles. The molecule has 0 N–H and O–H groups in total. The number of allylic oxidation sites excluding steroid dienone is 7. The first-order valence-electron chi connectivity index (χ1n) is 10.1. The molecule has 0 radical (unpaired) electrons. The molecule has 27 heavy (non-hydrogen) atoms. The first kappa shape index (κ1) is 25.2. The number of hydrogen-bond donors (Lipinski definition) is 0. The Balaban J connectivity index is 5.04. The fourth-order valence-corrected chi connectivity index (χ4v) is 2.50. The zero-order valence-corrected chi connectivity index (χ0v) is 18.8. The maximum absolute atomic E-state index is 12.2. The van der Waals surface area contributed by atoms with Crippen molar-refractivity contribution in [2.75, 3.05) is 0 Å². The Kier molecular flexibility index (Phi) is 13.3. The zero-order valence-electron chi connectivity index (χ0n) is 18.8. The topological polar surface area (TPSA) is 26.3 Å². The van der Waals surface area contributed by atoms with Crippen molar-refractivity contribution in [3.63, 3.8) is 0 Å². The van der Waals surface area contributed by atoms with Crippen LogP contribution >= 0.6 is 0 Å². The van der Waals surface area contributed by atoms with E-state index in [-0.39, 0.29) is 12.1 Å². The summed E-state index contributed by atoms with van der Waals surface area (Å²) >= 11 is 0. The largest absolute Gasteiger partial charge is 0.454 e. The van der Waals surface area contributed by atoms with Crippen LogP contribution < -0.4 is 0 Å². The Bertz CT molecular complexity index is 604. The van der Waals surface area contributed by atoms with Crippen molar-refractivity contribution in [3.8, 4) is 0 Å². The van der Waals surface area contributed by atoms with Crippen molar-refractivity contribution in [1.29, 1.82) is 0 Å². The van der Waals surface area contributed by atoms with E-state index < -0.39 is 0 Å². The number of ether oxygens (including phenoxy) is 1. The predicted molar refractivity (Wildman–Crippen MR) is 119 cm³/mol. The minimum Gasteiger partial charge on any atom is -0.454 e. The van der Waals surface area contributed by atoms with Gasteiger partial charge in [0.25, 0.3) is 0 Å². The molecule has 0 bridgehead atoms. The molecule has 0 heterocycles. The van der Waals surface area contributed by atoms with Crippen LogP contribution in [0.25, 0.3) is 0 Å². The van der Waals surface area contributed by atoms with Crippen LogP contribution in [0.3, 0.4) is 0 Å². The normalized spacial score (nSPS) is 13.9. The van der Waals surface area contributed by atoms with Crippen molar-refractivity contribution in [2.45, 2.75) is 93.6 Å². The van der Waals surface area contributed by atoms with E-state index in [9.17, 15) is 4.79 Å². The SMILES string of the molecule is C/C=C(\C)C(=O)OC(/C=C(\C)CCC=C(C)C)C/C=C(\C)CCC=C(C)C. The second kappa shape index (κ2) is 14.3. The molecule has 0 amide bonds. The van der Waals surface area contributed by atoms with E-state index in [0.717, 1.165) is 32.1 Å². The van der Waals surface area contributed by atoms with E-state index >= 15 is 0 Å². The minimum absolute atomic E-state index is 0.211. The van der Waals surface area contributed by atoms with Crippen molar-refractivity contribution in [3.05, 3.63) is 58.2 Å². The Hall–Kier alpha value is -1.83. The molecule has 1 unspecified atom stereocenters. The quantitative estimate of drug-likeness (QED) is 0.211.